The average Bonchev–Trinajstić information content (AvgIpc) is 2.27. The number of nitrogens with zero attached hydrogens (tertiary/aromatic N) is 1. The number of hydrogen-bond donors (Lipinski definition) is 1. The number of hydrogen-bond acceptors (Lipinski definition) is 2. The van der Waals surface area contributed by atoms with Gasteiger partial charge in [-0.15, -0.1) is 0 Å². The Morgan fingerprint density at radius 3 is 2.75 bits per heavy atom. The molecular weight excluding hydrogens is 288 g/mol. The van der Waals surface area contributed by atoms with Gasteiger partial charge in [0.05, 0.1) is 10.7 Å². The van der Waals surface area contributed by atoms with E-state index in [1.54, 1.807) is 6.20 Å². The molecule has 0 aliphatic heterocycles. The molecule has 0 unspecified atom stereocenters. The van der Waals surface area contributed by atoms with Crippen molar-refractivity contribution in [3.63, 3.8) is 0 Å². The minimum Gasteiger partial charge on any atom is -0.339 e. The smallest absolute Gasteiger partial charge is 0.130 e. The molecule has 0 amide bonds. The van der Waals surface area contributed by atoms with Crippen molar-refractivity contribution in [2.24, 2.45) is 0 Å². The molecule has 0 aliphatic carbocycles. The maximum Gasteiger partial charge on any atom is 0.130 e. The lowest BCUT2D eigenvalue weighted by atomic mass is 10.3. The van der Waals surface area contributed by atoms with Crippen molar-refractivity contribution < 1.29 is 0 Å². The second kappa shape index (κ2) is 4.85. The van der Waals surface area contributed by atoms with E-state index in [0.717, 1.165) is 21.5 Å². The molecule has 1 heterocycles. The molecule has 0 atom stereocenters. The van der Waals surface area contributed by atoms with Crippen molar-refractivity contribution in [2.45, 2.75) is 6.92 Å². The maximum absolute atomic E-state index is 6.05. The Balaban J connectivity index is 2.28. The van der Waals surface area contributed by atoms with E-state index < -0.39 is 0 Å². The fourth-order valence-corrected chi connectivity index (χ4v) is 1.71. The zero-order chi connectivity index (χ0) is 11.5. The molecule has 1 aromatic heterocycles. The van der Waals surface area contributed by atoms with Crippen LogP contribution in [0.3, 0.4) is 0 Å². The topological polar surface area (TPSA) is 24.9 Å². The zero-order valence-electron chi connectivity index (χ0n) is 8.67. The van der Waals surface area contributed by atoms with Crippen molar-refractivity contribution in [1.82, 2.24) is 4.98 Å². The molecule has 16 heavy (non-hydrogen) atoms. The Morgan fingerprint density at radius 1 is 1.31 bits per heavy atom. The number of halogens is 2. The first-order valence-corrected chi connectivity index (χ1v) is 5.97. The maximum atomic E-state index is 6.05. The molecule has 0 bridgehead atoms. The number of para-hydroxylation sites is 1. The molecule has 2 aromatic rings. The normalized spacial score (nSPS) is 10.2. The van der Waals surface area contributed by atoms with E-state index in [-0.39, 0.29) is 0 Å². The highest BCUT2D eigenvalue weighted by Gasteiger charge is 2.02. The third-order valence-corrected chi connectivity index (χ3v) is 3.34. The van der Waals surface area contributed by atoms with Crippen molar-refractivity contribution in [1.29, 1.82) is 0 Å². The Labute approximate surface area is 108 Å². The largest absolute Gasteiger partial charge is 0.339 e. The van der Waals surface area contributed by atoms with E-state index in [1.165, 1.54) is 0 Å². The molecular formula is C12H10BrClN2. The van der Waals surface area contributed by atoms with Crippen molar-refractivity contribution in [3.05, 3.63) is 51.6 Å². The van der Waals surface area contributed by atoms with Crippen molar-refractivity contribution in [2.75, 3.05) is 5.32 Å². The summed E-state index contributed by atoms with van der Waals surface area (Å²) < 4.78 is 0.997. The second-order valence-electron chi connectivity index (χ2n) is 3.42. The van der Waals surface area contributed by atoms with Gasteiger partial charge in [-0.25, -0.2) is 4.98 Å². The first-order chi connectivity index (χ1) is 7.66. The van der Waals surface area contributed by atoms with Crippen LogP contribution >= 0.6 is 27.5 Å². The Morgan fingerprint density at radius 2 is 2.06 bits per heavy atom. The Kier molecular flexibility index (Phi) is 3.46. The summed E-state index contributed by atoms with van der Waals surface area (Å²) in [5.41, 5.74) is 1.99. The van der Waals surface area contributed by atoms with Crippen LogP contribution in [0.4, 0.5) is 11.5 Å². The van der Waals surface area contributed by atoms with Gasteiger partial charge in [-0.05, 0) is 46.6 Å². The Bertz CT molecular complexity index is 514. The van der Waals surface area contributed by atoms with Gasteiger partial charge in [0.25, 0.3) is 0 Å². The highest BCUT2D eigenvalue weighted by Crippen LogP contribution is 2.25. The molecule has 4 heteroatoms. The summed E-state index contributed by atoms with van der Waals surface area (Å²) in [5.74, 6) is 0.786. The molecule has 0 aliphatic rings. The van der Waals surface area contributed by atoms with Crippen molar-refractivity contribution >= 4 is 39.0 Å². The number of benzene rings is 1. The van der Waals surface area contributed by atoms with Gasteiger partial charge < -0.3 is 5.32 Å². The molecule has 1 N–H and O–H groups in total. The predicted molar refractivity (Wildman–Crippen MR) is 71.4 cm³/mol. The number of aryl methyl sites for hydroxylation is 1. The molecule has 0 saturated heterocycles. The van der Waals surface area contributed by atoms with Gasteiger partial charge in [-0.1, -0.05) is 23.7 Å². The van der Waals surface area contributed by atoms with Crippen molar-refractivity contribution in [3.8, 4) is 0 Å². The monoisotopic (exact) mass is 296 g/mol. The molecule has 2 rings (SSSR count). The van der Waals surface area contributed by atoms with Gasteiger partial charge >= 0.3 is 0 Å². The number of rotatable bonds is 2. The fourth-order valence-electron chi connectivity index (χ4n) is 1.31. The third-order valence-electron chi connectivity index (χ3n) is 2.18. The average molecular weight is 298 g/mol. The Hall–Kier alpha value is -1.06. The highest BCUT2D eigenvalue weighted by molar-refractivity contribution is 9.10. The summed E-state index contributed by atoms with van der Waals surface area (Å²) >= 11 is 9.46. The summed E-state index contributed by atoms with van der Waals surface area (Å²) in [7, 11) is 0. The zero-order valence-corrected chi connectivity index (χ0v) is 11.0. The summed E-state index contributed by atoms with van der Waals surface area (Å²) in [4.78, 5) is 4.26. The van der Waals surface area contributed by atoms with Gasteiger partial charge in [-0.2, -0.15) is 0 Å². The van der Waals surface area contributed by atoms with Crippen LogP contribution < -0.4 is 5.32 Å². The number of anilines is 2. The van der Waals surface area contributed by atoms with Gasteiger partial charge in [0.1, 0.15) is 5.82 Å². The number of nitrogens with one attached hydrogen (secondary N) is 1. The van der Waals surface area contributed by atoms with Crippen LogP contribution in [0.25, 0.3) is 0 Å². The summed E-state index contributed by atoms with van der Waals surface area (Å²) in [6, 6.07) is 9.55. The van der Waals surface area contributed by atoms with Gasteiger partial charge in [0.15, 0.2) is 0 Å². The summed E-state index contributed by atoms with van der Waals surface area (Å²) in [5, 5.41) is 3.86. The SMILES string of the molecule is Cc1cc(Nc2ccccc2Cl)ncc1Br. The van der Waals surface area contributed by atoms with E-state index in [2.05, 4.69) is 26.2 Å². The van der Waals surface area contributed by atoms with Crippen LogP contribution in [0.5, 0.6) is 0 Å². The highest BCUT2D eigenvalue weighted by atomic mass is 79.9. The lowest BCUT2D eigenvalue weighted by Gasteiger charge is -2.08. The molecule has 0 fully saturated rings. The van der Waals surface area contributed by atoms with E-state index in [4.69, 9.17) is 11.6 Å². The van der Waals surface area contributed by atoms with Gasteiger partial charge in [0.2, 0.25) is 0 Å². The van der Waals surface area contributed by atoms with E-state index in [1.807, 2.05) is 37.3 Å². The lowest BCUT2D eigenvalue weighted by Crippen LogP contribution is -1.94. The first-order valence-electron chi connectivity index (χ1n) is 4.80. The summed E-state index contributed by atoms with van der Waals surface area (Å²) in [6.45, 7) is 2.02. The molecule has 82 valence electrons. The van der Waals surface area contributed by atoms with E-state index >= 15 is 0 Å². The second-order valence-corrected chi connectivity index (χ2v) is 4.69. The molecule has 1 aromatic carbocycles. The summed E-state index contributed by atoms with van der Waals surface area (Å²) in [6.07, 6.45) is 1.77. The number of aromatic nitrogens is 1. The standard InChI is InChI=1S/C12H10BrClN2/c1-8-6-12(15-7-9(8)13)16-11-5-3-2-4-10(11)14/h2-7H,1H3,(H,15,16). The quantitative estimate of drug-likeness (QED) is 0.879. The molecule has 0 radical (unpaired) electrons. The molecule has 2 nitrogen and oxygen atoms in total. The van der Waals surface area contributed by atoms with Crippen LogP contribution in [0.1, 0.15) is 5.56 Å². The minimum atomic E-state index is 0.685. The van der Waals surface area contributed by atoms with Gasteiger partial charge in [0, 0.05) is 10.7 Å². The van der Waals surface area contributed by atoms with Gasteiger partial charge in [-0.3, -0.25) is 0 Å². The van der Waals surface area contributed by atoms with Crippen LogP contribution in [0.15, 0.2) is 41.0 Å². The predicted octanol–water partition coefficient (Wildman–Crippen LogP) is 4.55. The number of pyridine rings is 1. The first kappa shape index (κ1) is 11.4. The molecule has 0 spiro atoms. The van der Waals surface area contributed by atoms with E-state index in [0.29, 0.717) is 5.02 Å². The van der Waals surface area contributed by atoms with Crippen LogP contribution in [0.2, 0.25) is 5.02 Å². The van der Waals surface area contributed by atoms with Crippen LogP contribution in [-0.2, 0) is 0 Å². The minimum absolute atomic E-state index is 0.685. The third kappa shape index (κ3) is 2.54. The van der Waals surface area contributed by atoms with E-state index in [9.17, 15) is 0 Å². The lowest BCUT2D eigenvalue weighted by molar-refractivity contribution is 1.25. The fraction of sp³-hybridized carbons (Fsp3) is 0.0833. The van der Waals surface area contributed by atoms with Crippen LogP contribution in [0, 0.1) is 6.92 Å². The molecule has 0 saturated carbocycles. The van der Waals surface area contributed by atoms with Crippen LogP contribution in [-0.4, -0.2) is 4.98 Å².